The van der Waals surface area contributed by atoms with Crippen LogP contribution in [-0.4, -0.2) is 29.9 Å². The van der Waals surface area contributed by atoms with Gasteiger partial charge in [0.15, 0.2) is 5.65 Å². The van der Waals surface area contributed by atoms with Crippen LogP contribution in [-0.2, 0) is 0 Å². The zero-order valence-corrected chi connectivity index (χ0v) is 21.1. The molecule has 0 radical (unpaired) electrons. The van der Waals surface area contributed by atoms with E-state index in [2.05, 4.69) is 63.1 Å². The summed E-state index contributed by atoms with van der Waals surface area (Å²) in [5.41, 5.74) is 5.04. The summed E-state index contributed by atoms with van der Waals surface area (Å²) in [5.74, 6) is 0.857. The number of aromatic amines is 1. The van der Waals surface area contributed by atoms with Gasteiger partial charge in [-0.2, -0.15) is 0 Å². The number of hydrogen-bond donors (Lipinski definition) is 3. The summed E-state index contributed by atoms with van der Waals surface area (Å²) < 4.78 is 15.4. The number of aromatic nitrogens is 6. The molecule has 4 aromatic heterocycles. The van der Waals surface area contributed by atoms with E-state index in [0.717, 1.165) is 31.2 Å². The highest BCUT2D eigenvalue weighted by molar-refractivity contribution is 14.1. The topological polar surface area (TPSA) is 104 Å². The predicted molar refractivity (Wildman–Crippen MR) is 147 cm³/mol. The first kappa shape index (κ1) is 22.3. The van der Waals surface area contributed by atoms with Gasteiger partial charge in [-0.15, -0.1) is 0 Å². The van der Waals surface area contributed by atoms with Crippen LogP contribution in [0.5, 0.6) is 0 Å². The van der Waals surface area contributed by atoms with Crippen LogP contribution in [0, 0.1) is 16.3 Å². The Morgan fingerprint density at radius 1 is 0.861 bits per heavy atom. The second kappa shape index (κ2) is 9.11. The highest BCUT2D eigenvalue weighted by Crippen LogP contribution is 2.36. The highest BCUT2D eigenvalue weighted by Gasteiger charge is 2.16. The normalized spacial score (nSPS) is 11.2. The Morgan fingerprint density at radius 3 is 2.64 bits per heavy atom. The van der Waals surface area contributed by atoms with Crippen LogP contribution < -0.4 is 10.6 Å². The molecule has 10 heteroatoms. The maximum atomic E-state index is 14.5. The van der Waals surface area contributed by atoms with Gasteiger partial charge in [0.1, 0.15) is 35.0 Å². The quantitative estimate of drug-likeness (QED) is 0.198. The predicted octanol–water partition coefficient (Wildman–Crippen LogP) is 6.50. The van der Waals surface area contributed by atoms with Crippen molar-refractivity contribution in [2.24, 2.45) is 0 Å². The van der Waals surface area contributed by atoms with Crippen LogP contribution in [0.3, 0.4) is 0 Å². The van der Waals surface area contributed by atoms with E-state index in [0.29, 0.717) is 34.2 Å². The lowest BCUT2D eigenvalue weighted by molar-refractivity contribution is 0.631. The summed E-state index contributed by atoms with van der Waals surface area (Å²) in [4.78, 5) is 25.2. The van der Waals surface area contributed by atoms with Crippen LogP contribution in [0.25, 0.3) is 33.2 Å². The van der Waals surface area contributed by atoms with Gasteiger partial charge in [-0.25, -0.2) is 29.3 Å². The maximum Gasteiger partial charge on any atom is 0.161 e. The summed E-state index contributed by atoms with van der Waals surface area (Å²) in [6.07, 6.45) is 6.53. The van der Waals surface area contributed by atoms with E-state index in [1.807, 2.05) is 43.3 Å². The lowest BCUT2D eigenvalue weighted by Crippen LogP contribution is -2.02. The molecule has 0 bridgehead atoms. The smallest absolute Gasteiger partial charge is 0.161 e. The molecule has 0 saturated carbocycles. The largest absolute Gasteiger partial charge is 0.339 e. The summed E-state index contributed by atoms with van der Waals surface area (Å²) in [6.45, 7) is 2.02. The molecule has 0 saturated heterocycles. The van der Waals surface area contributed by atoms with Crippen molar-refractivity contribution in [1.29, 1.82) is 0 Å². The van der Waals surface area contributed by atoms with Gasteiger partial charge in [-0.3, -0.25) is 0 Å². The number of halogens is 2. The van der Waals surface area contributed by atoms with Gasteiger partial charge in [0, 0.05) is 32.3 Å². The van der Waals surface area contributed by atoms with Gasteiger partial charge in [0.25, 0.3) is 0 Å². The van der Waals surface area contributed by atoms with E-state index >= 15 is 0 Å². The van der Waals surface area contributed by atoms with Crippen molar-refractivity contribution in [3.63, 3.8) is 0 Å². The zero-order valence-electron chi connectivity index (χ0n) is 18.9. The zero-order chi connectivity index (χ0) is 24.6. The number of aryl methyl sites for hydroxylation is 1. The highest BCUT2D eigenvalue weighted by atomic mass is 127. The second-order valence-corrected chi connectivity index (χ2v) is 9.35. The molecule has 176 valence electrons. The molecule has 4 heterocycles. The van der Waals surface area contributed by atoms with Crippen molar-refractivity contribution in [2.75, 3.05) is 10.6 Å². The molecule has 3 N–H and O–H groups in total. The van der Waals surface area contributed by atoms with Crippen molar-refractivity contribution >= 4 is 67.5 Å². The molecule has 0 unspecified atom stereocenters. The number of nitrogens with one attached hydrogen (secondary N) is 3. The molecule has 0 aliphatic heterocycles. The number of fused-ring (bicyclic) bond motifs is 2. The Balaban J connectivity index is 1.45. The first-order valence-electron chi connectivity index (χ1n) is 11.1. The average molecular weight is 588 g/mol. The summed E-state index contributed by atoms with van der Waals surface area (Å²) in [5, 5.41) is 8.42. The van der Waals surface area contributed by atoms with Crippen molar-refractivity contribution in [3.05, 3.63) is 88.5 Å². The van der Waals surface area contributed by atoms with Crippen molar-refractivity contribution < 1.29 is 4.39 Å². The molecule has 6 rings (SSSR count). The van der Waals surface area contributed by atoms with E-state index < -0.39 is 0 Å². The Morgan fingerprint density at radius 2 is 1.75 bits per heavy atom. The van der Waals surface area contributed by atoms with E-state index in [4.69, 9.17) is 0 Å². The van der Waals surface area contributed by atoms with E-state index in [-0.39, 0.29) is 5.82 Å². The molecular weight excluding hydrogens is 570 g/mol. The van der Waals surface area contributed by atoms with Crippen LogP contribution >= 0.6 is 22.6 Å². The third kappa shape index (κ3) is 3.98. The molecule has 0 aliphatic carbocycles. The fraction of sp³-hybridized carbons (Fsp3) is 0.0385. The van der Waals surface area contributed by atoms with Crippen molar-refractivity contribution in [2.45, 2.75) is 6.92 Å². The van der Waals surface area contributed by atoms with Crippen molar-refractivity contribution in [1.82, 2.24) is 29.9 Å². The minimum Gasteiger partial charge on any atom is -0.339 e. The molecule has 0 atom stereocenters. The summed E-state index contributed by atoms with van der Waals surface area (Å²) >= 11 is 2.09. The first-order valence-corrected chi connectivity index (χ1v) is 12.1. The van der Waals surface area contributed by atoms with Crippen LogP contribution in [0.4, 0.5) is 27.4 Å². The van der Waals surface area contributed by atoms with Crippen LogP contribution in [0.1, 0.15) is 5.56 Å². The van der Waals surface area contributed by atoms with Gasteiger partial charge < -0.3 is 15.6 Å². The van der Waals surface area contributed by atoms with Crippen LogP contribution in [0.15, 0.2) is 73.6 Å². The number of imidazole rings is 1. The summed E-state index contributed by atoms with van der Waals surface area (Å²) in [7, 11) is 0. The molecular formula is C26H18FIN8. The fourth-order valence-corrected chi connectivity index (χ4v) is 4.58. The van der Waals surface area contributed by atoms with Gasteiger partial charge in [-0.05, 0) is 71.5 Å². The standard InChI is InChI=1S/C26H18FIN8/c1-14-4-6-17-16(8-10-30-24(17)35-20-7-5-15(28)11-19(20)27)21(14)36-25-18(3-2-9-29-25)22-23-26(33-12-31-22)34-13-32-23/h2-13H,1H3,(H,29,36)(H,30,35)(H,31,32,33,34). The Labute approximate surface area is 218 Å². The van der Waals surface area contributed by atoms with Crippen LogP contribution in [0.2, 0.25) is 0 Å². The summed E-state index contributed by atoms with van der Waals surface area (Å²) in [6, 6.07) is 14.8. The van der Waals surface area contributed by atoms with Gasteiger partial charge in [0.05, 0.1) is 17.7 Å². The monoisotopic (exact) mass is 588 g/mol. The minimum atomic E-state index is -0.334. The number of pyridine rings is 2. The Bertz CT molecular complexity index is 1750. The minimum absolute atomic E-state index is 0.334. The SMILES string of the molecule is Cc1ccc2c(Nc3ccc(I)cc3F)nccc2c1Nc1ncccc1-c1ncnc2[nH]cnc12. The average Bonchev–Trinajstić information content (AvgIpc) is 3.37. The molecule has 36 heavy (non-hydrogen) atoms. The van der Waals surface area contributed by atoms with E-state index in [1.54, 1.807) is 24.8 Å². The van der Waals surface area contributed by atoms with E-state index in [9.17, 15) is 4.39 Å². The molecule has 6 aromatic rings. The molecule has 0 spiro atoms. The number of rotatable bonds is 5. The number of H-pyrrole nitrogens is 1. The van der Waals surface area contributed by atoms with Gasteiger partial charge >= 0.3 is 0 Å². The number of hydrogen-bond acceptors (Lipinski definition) is 7. The second-order valence-electron chi connectivity index (χ2n) is 8.11. The number of benzene rings is 2. The third-order valence-corrected chi connectivity index (χ3v) is 6.53. The fourth-order valence-electron chi connectivity index (χ4n) is 4.12. The lowest BCUT2D eigenvalue weighted by Gasteiger charge is -2.17. The Hall–Kier alpha value is -4.19. The number of anilines is 4. The van der Waals surface area contributed by atoms with Crippen molar-refractivity contribution in [3.8, 4) is 11.3 Å². The molecule has 0 fully saturated rings. The van der Waals surface area contributed by atoms with Gasteiger partial charge in [0.2, 0.25) is 0 Å². The third-order valence-electron chi connectivity index (χ3n) is 5.86. The molecule has 0 aliphatic rings. The first-order chi connectivity index (χ1) is 17.6. The Kier molecular flexibility index (Phi) is 5.64. The lowest BCUT2D eigenvalue weighted by atomic mass is 10.0. The van der Waals surface area contributed by atoms with E-state index in [1.165, 1.54) is 12.4 Å². The molecule has 0 amide bonds. The molecule has 2 aromatic carbocycles. The maximum absolute atomic E-state index is 14.5. The van der Waals surface area contributed by atoms with Gasteiger partial charge in [-0.1, -0.05) is 12.1 Å². The number of nitrogens with zero attached hydrogens (tertiary/aromatic N) is 5. The molecule has 8 nitrogen and oxygen atoms in total.